The first kappa shape index (κ1) is 16.4. The summed E-state index contributed by atoms with van der Waals surface area (Å²) in [5.74, 6) is 0. The van der Waals surface area contributed by atoms with Crippen molar-refractivity contribution in [2.75, 3.05) is 46.1 Å². The molecule has 0 amide bonds. The van der Waals surface area contributed by atoms with E-state index in [2.05, 4.69) is 4.90 Å². The van der Waals surface area contributed by atoms with Gasteiger partial charge in [0.2, 0.25) is 0 Å². The van der Waals surface area contributed by atoms with Gasteiger partial charge in [0.05, 0.1) is 25.4 Å². The van der Waals surface area contributed by atoms with Crippen LogP contribution in [0.3, 0.4) is 0 Å². The molecule has 118 valence electrons. The topological polar surface area (TPSA) is 46.8 Å². The molecule has 2 aliphatic rings. The summed E-state index contributed by atoms with van der Waals surface area (Å²) in [6.45, 7) is 10.8. The minimum atomic E-state index is -1.40. The van der Waals surface area contributed by atoms with Crippen molar-refractivity contribution in [3.05, 3.63) is 0 Å². The Morgan fingerprint density at radius 3 is 2.00 bits per heavy atom. The lowest BCUT2D eigenvalue weighted by molar-refractivity contribution is 0.206. The van der Waals surface area contributed by atoms with Gasteiger partial charge >= 0.3 is 9.28 Å². The summed E-state index contributed by atoms with van der Waals surface area (Å²) in [5, 5.41) is 0. The highest BCUT2D eigenvalue weighted by Crippen LogP contribution is 2.16. The first-order valence-electron chi connectivity index (χ1n) is 8.00. The predicted molar refractivity (Wildman–Crippen MR) is 80.4 cm³/mol. The second-order valence-corrected chi connectivity index (χ2v) is 7.61. The molecule has 2 heterocycles. The lowest BCUT2D eigenvalue weighted by atomic mass is 10.3. The third-order valence-electron chi connectivity index (χ3n) is 3.60. The Morgan fingerprint density at radius 1 is 1.00 bits per heavy atom. The summed E-state index contributed by atoms with van der Waals surface area (Å²) in [6.07, 6.45) is 3.36. The quantitative estimate of drug-likeness (QED) is 0.290. The van der Waals surface area contributed by atoms with Gasteiger partial charge in [0, 0.05) is 26.3 Å². The standard InChI is InChI=1S/C14H29NO4Si/c1-3-18-20(19-4-2)8-6-5-7-15(9-13-11-16-13)10-14-12-17-14/h13-14,20H,3-12H2,1-2H3. The fraction of sp³-hybridized carbons (Fsp3) is 1.00. The van der Waals surface area contributed by atoms with Crippen LogP contribution in [0.25, 0.3) is 0 Å². The predicted octanol–water partition coefficient (Wildman–Crippen LogP) is 1.16. The number of ether oxygens (including phenoxy) is 2. The molecular weight excluding hydrogens is 274 g/mol. The second-order valence-electron chi connectivity index (χ2n) is 5.51. The summed E-state index contributed by atoms with van der Waals surface area (Å²) in [7, 11) is -1.40. The summed E-state index contributed by atoms with van der Waals surface area (Å²) >= 11 is 0. The highest BCUT2D eigenvalue weighted by atomic mass is 28.3. The zero-order chi connectivity index (χ0) is 14.2. The van der Waals surface area contributed by atoms with Gasteiger partial charge in [-0.3, -0.25) is 4.90 Å². The lowest BCUT2D eigenvalue weighted by Gasteiger charge is -2.21. The van der Waals surface area contributed by atoms with Crippen molar-refractivity contribution in [3.63, 3.8) is 0 Å². The molecule has 0 aromatic heterocycles. The third kappa shape index (κ3) is 7.15. The van der Waals surface area contributed by atoms with E-state index in [1.807, 2.05) is 13.8 Å². The van der Waals surface area contributed by atoms with E-state index in [1.165, 1.54) is 12.8 Å². The highest BCUT2D eigenvalue weighted by Gasteiger charge is 2.30. The molecule has 0 aromatic rings. The van der Waals surface area contributed by atoms with Gasteiger partial charge < -0.3 is 18.3 Å². The second kappa shape index (κ2) is 9.12. The van der Waals surface area contributed by atoms with Gasteiger partial charge in [-0.15, -0.1) is 0 Å². The first-order chi connectivity index (χ1) is 9.81. The van der Waals surface area contributed by atoms with Crippen LogP contribution in [0.4, 0.5) is 0 Å². The van der Waals surface area contributed by atoms with E-state index in [-0.39, 0.29) is 0 Å². The summed E-state index contributed by atoms with van der Waals surface area (Å²) < 4.78 is 22.1. The number of hydrogen-bond acceptors (Lipinski definition) is 5. The maximum absolute atomic E-state index is 5.70. The summed E-state index contributed by atoms with van der Waals surface area (Å²) in [5.41, 5.74) is 0. The molecule has 5 nitrogen and oxygen atoms in total. The van der Waals surface area contributed by atoms with Crippen LogP contribution in [-0.2, 0) is 18.3 Å². The Morgan fingerprint density at radius 2 is 1.55 bits per heavy atom. The maximum Gasteiger partial charge on any atom is 0.321 e. The first-order valence-corrected chi connectivity index (χ1v) is 9.76. The lowest BCUT2D eigenvalue weighted by Crippen LogP contribution is -2.32. The molecule has 0 aliphatic carbocycles. The average Bonchev–Trinajstić information content (AvgIpc) is 3.31. The van der Waals surface area contributed by atoms with Crippen molar-refractivity contribution in [2.24, 2.45) is 0 Å². The van der Waals surface area contributed by atoms with Gasteiger partial charge in [-0.1, -0.05) is 6.42 Å². The number of rotatable bonds is 13. The van der Waals surface area contributed by atoms with Crippen molar-refractivity contribution >= 4 is 9.28 Å². The molecule has 0 bridgehead atoms. The van der Waals surface area contributed by atoms with E-state index in [1.54, 1.807) is 0 Å². The summed E-state index contributed by atoms with van der Waals surface area (Å²) in [6, 6.07) is 1.12. The number of epoxide rings is 2. The molecule has 2 unspecified atom stereocenters. The molecule has 0 spiro atoms. The maximum atomic E-state index is 5.70. The van der Waals surface area contributed by atoms with E-state index in [0.717, 1.165) is 52.1 Å². The molecule has 0 saturated carbocycles. The molecule has 0 aromatic carbocycles. The molecule has 2 fully saturated rings. The van der Waals surface area contributed by atoms with Crippen LogP contribution in [0.2, 0.25) is 6.04 Å². The van der Waals surface area contributed by atoms with E-state index in [0.29, 0.717) is 12.2 Å². The van der Waals surface area contributed by atoms with Crippen LogP contribution in [0.15, 0.2) is 0 Å². The van der Waals surface area contributed by atoms with Gasteiger partial charge in [-0.2, -0.15) is 0 Å². The van der Waals surface area contributed by atoms with Crippen LogP contribution >= 0.6 is 0 Å². The van der Waals surface area contributed by atoms with E-state index >= 15 is 0 Å². The Kier molecular flexibility index (Phi) is 7.47. The molecular formula is C14H29NO4Si. The Hall–Kier alpha value is 0.0169. The van der Waals surface area contributed by atoms with Crippen molar-refractivity contribution in [2.45, 2.75) is 44.9 Å². The Bertz CT molecular complexity index is 242. The SMILES string of the molecule is CCO[SiH](CCCCN(CC1CO1)CC1CO1)OCC. The zero-order valence-electron chi connectivity index (χ0n) is 12.9. The van der Waals surface area contributed by atoms with Crippen molar-refractivity contribution < 1.29 is 18.3 Å². The van der Waals surface area contributed by atoms with Crippen LogP contribution in [-0.4, -0.2) is 72.5 Å². The number of nitrogens with zero attached hydrogens (tertiary/aromatic N) is 1. The zero-order valence-corrected chi connectivity index (χ0v) is 14.0. The molecule has 2 aliphatic heterocycles. The molecule has 6 heteroatoms. The van der Waals surface area contributed by atoms with Gasteiger partial charge in [-0.05, 0) is 32.9 Å². The van der Waals surface area contributed by atoms with Crippen molar-refractivity contribution in [3.8, 4) is 0 Å². The Labute approximate surface area is 124 Å². The molecule has 0 radical (unpaired) electrons. The van der Waals surface area contributed by atoms with E-state index in [4.69, 9.17) is 18.3 Å². The monoisotopic (exact) mass is 303 g/mol. The smallest absolute Gasteiger partial charge is 0.321 e. The van der Waals surface area contributed by atoms with Gasteiger partial charge in [0.15, 0.2) is 0 Å². The number of unbranched alkanes of at least 4 members (excludes halogenated alkanes) is 1. The molecule has 20 heavy (non-hydrogen) atoms. The van der Waals surface area contributed by atoms with Crippen LogP contribution < -0.4 is 0 Å². The minimum Gasteiger partial charge on any atom is -0.397 e. The highest BCUT2D eigenvalue weighted by molar-refractivity contribution is 6.44. The Balaban J connectivity index is 1.56. The number of hydrogen-bond donors (Lipinski definition) is 0. The van der Waals surface area contributed by atoms with E-state index < -0.39 is 9.28 Å². The molecule has 2 saturated heterocycles. The van der Waals surface area contributed by atoms with Gasteiger partial charge in [0.25, 0.3) is 0 Å². The normalized spacial score (nSPS) is 24.6. The van der Waals surface area contributed by atoms with Crippen LogP contribution in [0.5, 0.6) is 0 Å². The fourth-order valence-electron chi connectivity index (χ4n) is 2.41. The van der Waals surface area contributed by atoms with Crippen LogP contribution in [0, 0.1) is 0 Å². The molecule has 2 rings (SSSR count). The van der Waals surface area contributed by atoms with E-state index in [9.17, 15) is 0 Å². The van der Waals surface area contributed by atoms with Gasteiger partial charge in [0.1, 0.15) is 0 Å². The average molecular weight is 303 g/mol. The summed E-state index contributed by atoms with van der Waals surface area (Å²) in [4.78, 5) is 2.49. The fourth-order valence-corrected chi connectivity index (χ4v) is 4.21. The van der Waals surface area contributed by atoms with Crippen molar-refractivity contribution in [1.82, 2.24) is 4.90 Å². The van der Waals surface area contributed by atoms with Gasteiger partial charge in [-0.25, -0.2) is 0 Å². The van der Waals surface area contributed by atoms with Crippen LogP contribution in [0.1, 0.15) is 26.7 Å². The minimum absolute atomic E-state index is 0.475. The molecule has 0 N–H and O–H groups in total. The third-order valence-corrected chi connectivity index (χ3v) is 5.89. The molecule has 2 atom stereocenters. The van der Waals surface area contributed by atoms with Crippen molar-refractivity contribution in [1.29, 1.82) is 0 Å². The largest absolute Gasteiger partial charge is 0.397 e.